The molecule has 0 spiro atoms. The van der Waals surface area contributed by atoms with Gasteiger partial charge in [-0.3, -0.25) is 9.69 Å². The second kappa shape index (κ2) is 7.46. The summed E-state index contributed by atoms with van der Waals surface area (Å²) in [4.78, 5) is 17.5. The summed E-state index contributed by atoms with van der Waals surface area (Å²) < 4.78 is 0. The lowest BCUT2D eigenvalue weighted by atomic mass is 10.2. The molecule has 1 amide bonds. The van der Waals surface area contributed by atoms with Gasteiger partial charge in [-0.25, -0.2) is 0 Å². The molecular formula is C15H24N2OS. The molecule has 0 aliphatic rings. The van der Waals surface area contributed by atoms with Crippen LogP contribution in [-0.4, -0.2) is 42.4 Å². The summed E-state index contributed by atoms with van der Waals surface area (Å²) >= 11 is 1.73. The van der Waals surface area contributed by atoms with Crippen LogP contribution >= 0.6 is 11.3 Å². The van der Waals surface area contributed by atoms with E-state index in [4.69, 9.17) is 0 Å². The Morgan fingerprint density at radius 2 is 2.16 bits per heavy atom. The largest absolute Gasteiger partial charge is 0.338 e. The smallest absolute Gasteiger partial charge is 0.237 e. The maximum atomic E-state index is 12.2. The van der Waals surface area contributed by atoms with E-state index in [1.807, 2.05) is 31.9 Å². The molecule has 1 heterocycles. The standard InChI is InChI=1S/C15H24N2OS/c1-6-17(10-12(2)3)15(18)11-16(5)13(4)14-8-7-9-19-14/h7-9,13H,2,6,10-11H2,1,3-5H3. The third-order valence-electron chi connectivity index (χ3n) is 3.20. The minimum atomic E-state index is 0.163. The summed E-state index contributed by atoms with van der Waals surface area (Å²) in [5.74, 6) is 0.163. The van der Waals surface area contributed by atoms with E-state index in [1.54, 1.807) is 11.3 Å². The van der Waals surface area contributed by atoms with Crippen molar-refractivity contribution in [2.75, 3.05) is 26.7 Å². The highest BCUT2D eigenvalue weighted by Gasteiger charge is 2.18. The molecule has 0 bridgehead atoms. The Kier molecular flexibility index (Phi) is 6.25. The molecule has 1 aromatic rings. The van der Waals surface area contributed by atoms with Crippen LogP contribution in [0.25, 0.3) is 0 Å². The van der Waals surface area contributed by atoms with Crippen molar-refractivity contribution in [3.63, 3.8) is 0 Å². The van der Waals surface area contributed by atoms with E-state index in [0.29, 0.717) is 13.1 Å². The molecule has 0 aliphatic heterocycles. The second-order valence-electron chi connectivity index (χ2n) is 4.97. The molecule has 0 aliphatic carbocycles. The summed E-state index contributed by atoms with van der Waals surface area (Å²) in [6.07, 6.45) is 0. The summed E-state index contributed by atoms with van der Waals surface area (Å²) in [6, 6.07) is 4.43. The van der Waals surface area contributed by atoms with Gasteiger partial charge in [0.15, 0.2) is 0 Å². The normalized spacial score (nSPS) is 12.5. The molecule has 0 saturated heterocycles. The lowest BCUT2D eigenvalue weighted by Gasteiger charge is -2.27. The summed E-state index contributed by atoms with van der Waals surface area (Å²) in [7, 11) is 2.00. The van der Waals surface area contributed by atoms with Gasteiger partial charge >= 0.3 is 0 Å². The van der Waals surface area contributed by atoms with Gasteiger partial charge in [-0.1, -0.05) is 18.2 Å². The predicted molar refractivity (Wildman–Crippen MR) is 82.4 cm³/mol. The van der Waals surface area contributed by atoms with Crippen LogP contribution in [0.15, 0.2) is 29.7 Å². The Bertz CT molecular complexity index is 414. The van der Waals surface area contributed by atoms with E-state index in [2.05, 4.69) is 29.8 Å². The first-order chi connectivity index (χ1) is 8.95. The number of thiophene rings is 1. The quantitative estimate of drug-likeness (QED) is 0.716. The monoisotopic (exact) mass is 280 g/mol. The van der Waals surface area contributed by atoms with Crippen LogP contribution in [0.4, 0.5) is 0 Å². The highest BCUT2D eigenvalue weighted by atomic mass is 32.1. The van der Waals surface area contributed by atoms with Crippen LogP contribution in [0.5, 0.6) is 0 Å². The molecule has 1 aromatic heterocycles. The number of hydrogen-bond donors (Lipinski definition) is 0. The van der Waals surface area contributed by atoms with Gasteiger partial charge in [0.25, 0.3) is 0 Å². The molecule has 0 saturated carbocycles. The Morgan fingerprint density at radius 1 is 1.47 bits per heavy atom. The van der Waals surface area contributed by atoms with Crippen LogP contribution in [0.2, 0.25) is 0 Å². The Hall–Kier alpha value is -1.13. The summed E-state index contributed by atoms with van der Waals surface area (Å²) in [5, 5.41) is 2.07. The van der Waals surface area contributed by atoms with Crippen molar-refractivity contribution in [1.82, 2.24) is 9.80 Å². The first-order valence-corrected chi connectivity index (χ1v) is 7.49. The molecule has 0 N–H and O–H groups in total. The number of rotatable bonds is 7. The zero-order valence-electron chi connectivity index (χ0n) is 12.3. The maximum Gasteiger partial charge on any atom is 0.237 e. The van der Waals surface area contributed by atoms with Crippen molar-refractivity contribution in [2.45, 2.75) is 26.8 Å². The first-order valence-electron chi connectivity index (χ1n) is 6.61. The third-order valence-corrected chi connectivity index (χ3v) is 4.24. The molecule has 106 valence electrons. The number of nitrogens with zero attached hydrogens (tertiary/aromatic N) is 2. The molecule has 1 rings (SSSR count). The topological polar surface area (TPSA) is 23.6 Å². The van der Waals surface area contributed by atoms with E-state index in [9.17, 15) is 4.79 Å². The molecule has 3 nitrogen and oxygen atoms in total. The van der Waals surface area contributed by atoms with E-state index < -0.39 is 0 Å². The average molecular weight is 280 g/mol. The maximum absolute atomic E-state index is 12.2. The average Bonchev–Trinajstić information content (AvgIpc) is 2.88. The van der Waals surface area contributed by atoms with Crippen LogP contribution < -0.4 is 0 Å². The summed E-state index contributed by atoms with van der Waals surface area (Å²) in [5.41, 5.74) is 1.02. The molecule has 0 fully saturated rings. The highest BCUT2D eigenvalue weighted by Crippen LogP contribution is 2.23. The fourth-order valence-electron chi connectivity index (χ4n) is 1.90. The van der Waals surface area contributed by atoms with Crippen molar-refractivity contribution >= 4 is 17.2 Å². The van der Waals surface area contributed by atoms with Gasteiger partial charge in [0.2, 0.25) is 5.91 Å². The van der Waals surface area contributed by atoms with Crippen LogP contribution in [0.1, 0.15) is 31.7 Å². The van der Waals surface area contributed by atoms with Gasteiger partial charge in [0.1, 0.15) is 0 Å². The fourth-order valence-corrected chi connectivity index (χ4v) is 2.75. The van der Waals surface area contributed by atoms with Crippen molar-refractivity contribution < 1.29 is 4.79 Å². The zero-order chi connectivity index (χ0) is 14.4. The molecule has 4 heteroatoms. The van der Waals surface area contributed by atoms with Crippen LogP contribution in [0.3, 0.4) is 0 Å². The number of hydrogen-bond acceptors (Lipinski definition) is 3. The lowest BCUT2D eigenvalue weighted by Crippen LogP contribution is -2.40. The molecular weight excluding hydrogens is 256 g/mol. The van der Waals surface area contributed by atoms with Gasteiger partial charge in [-0.2, -0.15) is 0 Å². The van der Waals surface area contributed by atoms with Gasteiger partial charge in [0, 0.05) is 24.0 Å². The Labute approximate surface area is 120 Å². The van der Waals surface area contributed by atoms with Crippen LogP contribution in [0, 0.1) is 0 Å². The van der Waals surface area contributed by atoms with E-state index in [0.717, 1.165) is 12.1 Å². The molecule has 0 radical (unpaired) electrons. The molecule has 0 aromatic carbocycles. The first kappa shape index (κ1) is 15.9. The Morgan fingerprint density at radius 3 is 2.63 bits per heavy atom. The van der Waals surface area contributed by atoms with E-state index in [1.165, 1.54) is 4.88 Å². The number of carbonyl (C=O) groups excluding carboxylic acids is 1. The van der Waals surface area contributed by atoms with E-state index in [-0.39, 0.29) is 11.9 Å². The highest BCUT2D eigenvalue weighted by molar-refractivity contribution is 7.10. The summed E-state index contributed by atoms with van der Waals surface area (Å²) in [6.45, 7) is 11.8. The number of likely N-dealkylation sites (N-methyl/N-ethyl adjacent to an activating group) is 2. The van der Waals surface area contributed by atoms with Gasteiger partial charge in [-0.15, -0.1) is 11.3 Å². The van der Waals surface area contributed by atoms with Gasteiger partial charge < -0.3 is 4.90 Å². The molecule has 1 atom stereocenters. The molecule has 19 heavy (non-hydrogen) atoms. The SMILES string of the molecule is C=C(C)CN(CC)C(=O)CN(C)C(C)c1cccs1. The van der Waals surface area contributed by atoms with Crippen molar-refractivity contribution in [3.8, 4) is 0 Å². The van der Waals surface area contributed by atoms with Crippen molar-refractivity contribution in [2.24, 2.45) is 0 Å². The number of carbonyl (C=O) groups is 1. The van der Waals surface area contributed by atoms with Crippen LogP contribution in [-0.2, 0) is 4.79 Å². The van der Waals surface area contributed by atoms with Gasteiger partial charge in [0.05, 0.1) is 6.54 Å². The minimum absolute atomic E-state index is 0.163. The Balaban J connectivity index is 2.57. The zero-order valence-corrected chi connectivity index (χ0v) is 13.2. The van der Waals surface area contributed by atoms with Crippen molar-refractivity contribution in [3.05, 3.63) is 34.5 Å². The van der Waals surface area contributed by atoms with Gasteiger partial charge in [-0.05, 0) is 39.3 Å². The van der Waals surface area contributed by atoms with E-state index >= 15 is 0 Å². The minimum Gasteiger partial charge on any atom is -0.338 e. The second-order valence-corrected chi connectivity index (χ2v) is 5.95. The predicted octanol–water partition coefficient (Wildman–Crippen LogP) is 3.17. The number of amides is 1. The van der Waals surface area contributed by atoms with Crippen molar-refractivity contribution in [1.29, 1.82) is 0 Å². The lowest BCUT2D eigenvalue weighted by molar-refractivity contribution is -0.132. The molecule has 1 unspecified atom stereocenters. The third kappa shape index (κ3) is 4.80. The fraction of sp³-hybridized carbons (Fsp3) is 0.533.